The maximum absolute atomic E-state index is 13.1. The van der Waals surface area contributed by atoms with Crippen molar-refractivity contribution in [1.82, 2.24) is 5.32 Å². The zero-order valence-electron chi connectivity index (χ0n) is 21.6. The van der Waals surface area contributed by atoms with E-state index in [9.17, 15) is 13.2 Å². The van der Waals surface area contributed by atoms with Crippen LogP contribution in [0.5, 0.6) is 23.0 Å². The van der Waals surface area contributed by atoms with E-state index < -0.39 is 15.9 Å². The molecule has 0 aromatic heterocycles. The Morgan fingerprint density at radius 1 is 0.825 bits per heavy atom. The maximum Gasteiger partial charge on any atom is 0.261 e. The number of carbonyl (C=O) groups is 1. The van der Waals surface area contributed by atoms with Crippen molar-refractivity contribution in [3.05, 3.63) is 106 Å². The van der Waals surface area contributed by atoms with Crippen LogP contribution in [0.1, 0.15) is 15.9 Å². The third kappa shape index (κ3) is 7.38. The Hall–Kier alpha value is -3.92. The van der Waals surface area contributed by atoms with E-state index in [1.807, 2.05) is 12.1 Å². The molecule has 0 aliphatic heterocycles. The van der Waals surface area contributed by atoms with Crippen LogP contribution in [0.4, 0.5) is 5.69 Å². The van der Waals surface area contributed by atoms with Gasteiger partial charge in [-0.05, 0) is 78.7 Å². The Morgan fingerprint density at radius 2 is 1.50 bits per heavy atom. The normalized spacial score (nSPS) is 11.0. The molecule has 11 heteroatoms. The number of para-hydroxylation sites is 1. The Morgan fingerprint density at radius 3 is 2.15 bits per heavy atom. The third-order valence-electron chi connectivity index (χ3n) is 5.78. The van der Waals surface area contributed by atoms with E-state index in [2.05, 4.69) is 10.0 Å². The minimum Gasteiger partial charge on any atom is -0.497 e. The third-order valence-corrected chi connectivity index (χ3v) is 7.71. The molecule has 0 spiro atoms. The van der Waals surface area contributed by atoms with Crippen LogP contribution in [0.25, 0.3) is 0 Å². The number of sulfonamides is 1. The monoisotopic (exact) mass is 600 g/mol. The fourth-order valence-corrected chi connectivity index (χ4v) is 5.19. The summed E-state index contributed by atoms with van der Waals surface area (Å²) in [5.74, 6) is 1.64. The summed E-state index contributed by atoms with van der Waals surface area (Å²) in [4.78, 5) is 13.0. The largest absolute Gasteiger partial charge is 0.497 e. The Balaban J connectivity index is 1.45. The Kier molecular flexibility index (Phi) is 9.42. The number of methoxy groups -OCH3 is 2. The smallest absolute Gasteiger partial charge is 0.261 e. The molecule has 0 saturated heterocycles. The molecule has 0 fully saturated rings. The van der Waals surface area contributed by atoms with E-state index in [4.69, 9.17) is 37.4 Å². The molecule has 0 unspecified atom stereocenters. The molecule has 0 heterocycles. The van der Waals surface area contributed by atoms with Gasteiger partial charge in [0.15, 0.2) is 0 Å². The van der Waals surface area contributed by atoms with Gasteiger partial charge in [-0.15, -0.1) is 0 Å². The lowest BCUT2D eigenvalue weighted by atomic mass is 10.1. The van der Waals surface area contributed by atoms with Gasteiger partial charge in [0.25, 0.3) is 15.9 Å². The molecule has 1 amide bonds. The lowest BCUT2D eigenvalue weighted by Crippen LogP contribution is -2.27. The molecule has 0 atom stereocenters. The predicted molar refractivity (Wildman–Crippen MR) is 156 cm³/mol. The molecule has 40 heavy (non-hydrogen) atoms. The summed E-state index contributed by atoms with van der Waals surface area (Å²) < 4.78 is 45.1. The van der Waals surface area contributed by atoms with Crippen LogP contribution in [0.15, 0.2) is 89.8 Å². The van der Waals surface area contributed by atoms with Crippen molar-refractivity contribution < 1.29 is 27.4 Å². The van der Waals surface area contributed by atoms with Crippen molar-refractivity contribution >= 4 is 44.8 Å². The molecule has 4 rings (SSSR count). The van der Waals surface area contributed by atoms with Crippen LogP contribution >= 0.6 is 23.2 Å². The van der Waals surface area contributed by atoms with Crippen molar-refractivity contribution in [3.8, 4) is 23.0 Å². The van der Waals surface area contributed by atoms with Gasteiger partial charge < -0.3 is 19.5 Å². The Labute approximate surface area is 242 Å². The zero-order chi connectivity index (χ0) is 28.7. The van der Waals surface area contributed by atoms with E-state index >= 15 is 0 Å². The van der Waals surface area contributed by atoms with Gasteiger partial charge in [0, 0.05) is 17.6 Å². The molecule has 4 aromatic rings. The van der Waals surface area contributed by atoms with E-state index in [1.54, 1.807) is 44.6 Å². The van der Waals surface area contributed by atoms with Gasteiger partial charge in [-0.3, -0.25) is 9.52 Å². The van der Waals surface area contributed by atoms with E-state index in [0.29, 0.717) is 34.4 Å². The minimum atomic E-state index is -4.04. The highest BCUT2D eigenvalue weighted by Crippen LogP contribution is 2.30. The highest BCUT2D eigenvalue weighted by atomic mass is 35.5. The van der Waals surface area contributed by atoms with Crippen LogP contribution < -0.4 is 24.2 Å². The molecular formula is C29H26Cl2N2O6S. The fourth-order valence-electron chi connectivity index (χ4n) is 3.76. The number of halogens is 2. The average Bonchev–Trinajstić information content (AvgIpc) is 2.95. The number of ether oxygens (including phenoxy) is 3. The van der Waals surface area contributed by atoms with E-state index in [0.717, 1.165) is 5.56 Å². The minimum absolute atomic E-state index is 0.0210. The van der Waals surface area contributed by atoms with Gasteiger partial charge >= 0.3 is 0 Å². The number of hydrogen-bond donors (Lipinski definition) is 2. The predicted octanol–water partition coefficient (Wildman–Crippen LogP) is 6.58. The number of anilines is 1. The Bertz CT molecular complexity index is 1590. The van der Waals surface area contributed by atoms with Crippen molar-refractivity contribution in [1.29, 1.82) is 0 Å². The molecule has 0 aliphatic rings. The van der Waals surface area contributed by atoms with Crippen molar-refractivity contribution in [2.75, 3.05) is 25.5 Å². The first kappa shape index (κ1) is 29.1. The summed E-state index contributed by atoms with van der Waals surface area (Å²) in [7, 11) is -0.920. The number of carbonyl (C=O) groups excluding carboxylic acids is 1. The fraction of sp³-hybridized carbons (Fsp3) is 0.138. The van der Waals surface area contributed by atoms with Crippen LogP contribution in [0, 0.1) is 0 Å². The molecular weight excluding hydrogens is 575 g/mol. The molecule has 0 bridgehead atoms. The topological polar surface area (TPSA) is 103 Å². The van der Waals surface area contributed by atoms with Crippen molar-refractivity contribution in [3.63, 3.8) is 0 Å². The lowest BCUT2D eigenvalue weighted by molar-refractivity contribution is 0.0955. The number of benzene rings is 4. The number of hydrogen-bond acceptors (Lipinski definition) is 6. The van der Waals surface area contributed by atoms with Crippen LogP contribution in [0.2, 0.25) is 10.0 Å². The summed E-state index contributed by atoms with van der Waals surface area (Å²) in [5.41, 5.74) is 1.06. The summed E-state index contributed by atoms with van der Waals surface area (Å²) >= 11 is 12.3. The van der Waals surface area contributed by atoms with Gasteiger partial charge in [0.2, 0.25) is 0 Å². The summed E-state index contributed by atoms with van der Waals surface area (Å²) in [5, 5.41) is 3.52. The van der Waals surface area contributed by atoms with Crippen LogP contribution in [0.3, 0.4) is 0 Å². The SMILES string of the molecule is COc1cc(CCNC(=O)c2cc(Cl)ccc2NS(=O)(=O)c2ccc(Oc3ccccc3Cl)cc2)cc(OC)c1. The van der Waals surface area contributed by atoms with Crippen molar-refractivity contribution in [2.24, 2.45) is 0 Å². The standard InChI is InChI=1S/C29H26Cl2N2O6S/c1-37-22-15-19(16-23(18-22)38-2)13-14-32-29(34)25-17-20(30)7-12-27(25)33-40(35,36)24-10-8-21(9-11-24)39-28-6-4-3-5-26(28)31/h3-12,15-18,33H,13-14H2,1-2H3,(H,32,34). The second-order valence-electron chi connectivity index (χ2n) is 8.53. The second kappa shape index (κ2) is 13.0. The number of rotatable bonds is 11. The second-order valence-corrected chi connectivity index (χ2v) is 11.1. The first-order chi connectivity index (χ1) is 19.2. The van der Waals surface area contributed by atoms with Gasteiger partial charge in [0.05, 0.1) is 35.4 Å². The highest BCUT2D eigenvalue weighted by molar-refractivity contribution is 7.92. The molecule has 2 N–H and O–H groups in total. The van der Waals surface area contributed by atoms with Crippen LogP contribution in [-0.2, 0) is 16.4 Å². The van der Waals surface area contributed by atoms with E-state index in [1.165, 1.54) is 42.5 Å². The summed E-state index contributed by atoms with van der Waals surface area (Å²) in [6.07, 6.45) is 0.490. The number of nitrogens with one attached hydrogen (secondary N) is 2. The quantitative estimate of drug-likeness (QED) is 0.202. The molecule has 0 saturated carbocycles. The molecule has 208 valence electrons. The zero-order valence-corrected chi connectivity index (χ0v) is 23.9. The van der Waals surface area contributed by atoms with Gasteiger partial charge in [-0.1, -0.05) is 35.3 Å². The molecule has 0 radical (unpaired) electrons. The first-order valence-electron chi connectivity index (χ1n) is 12.0. The van der Waals surface area contributed by atoms with Crippen molar-refractivity contribution in [2.45, 2.75) is 11.3 Å². The van der Waals surface area contributed by atoms with Gasteiger partial charge in [-0.2, -0.15) is 0 Å². The summed E-state index contributed by atoms with van der Waals surface area (Å²) in [6.45, 7) is 0.279. The highest BCUT2D eigenvalue weighted by Gasteiger charge is 2.20. The van der Waals surface area contributed by atoms with Gasteiger partial charge in [-0.25, -0.2) is 8.42 Å². The molecule has 0 aliphatic carbocycles. The van der Waals surface area contributed by atoms with E-state index in [-0.39, 0.29) is 27.7 Å². The summed E-state index contributed by atoms with van der Waals surface area (Å²) in [6, 6.07) is 22.6. The van der Waals surface area contributed by atoms with Crippen LogP contribution in [-0.4, -0.2) is 35.1 Å². The lowest BCUT2D eigenvalue weighted by Gasteiger charge is -2.14. The molecule has 4 aromatic carbocycles. The van der Waals surface area contributed by atoms with Gasteiger partial charge in [0.1, 0.15) is 23.0 Å². The number of amides is 1. The average molecular weight is 602 g/mol. The maximum atomic E-state index is 13.1. The first-order valence-corrected chi connectivity index (χ1v) is 14.3. The molecule has 8 nitrogen and oxygen atoms in total.